The number of ether oxygens (including phenoxy) is 3. The molecule has 2 atom stereocenters. The third-order valence-corrected chi connectivity index (χ3v) is 3.49. The van der Waals surface area contributed by atoms with Crippen LogP contribution in [0.5, 0.6) is 0 Å². The van der Waals surface area contributed by atoms with Gasteiger partial charge >= 0.3 is 0 Å². The van der Waals surface area contributed by atoms with Gasteiger partial charge in [0.2, 0.25) is 0 Å². The van der Waals surface area contributed by atoms with E-state index in [-0.39, 0.29) is 5.60 Å². The van der Waals surface area contributed by atoms with Crippen LogP contribution in [-0.4, -0.2) is 45.7 Å². The molecule has 1 aliphatic rings. The van der Waals surface area contributed by atoms with Crippen LogP contribution in [-0.2, 0) is 14.2 Å². The molecule has 0 amide bonds. The molecule has 0 saturated heterocycles. The van der Waals surface area contributed by atoms with Crippen molar-refractivity contribution in [3.63, 3.8) is 0 Å². The summed E-state index contributed by atoms with van der Waals surface area (Å²) in [6.07, 6.45) is 4.70. The Morgan fingerprint density at radius 2 is 2.00 bits per heavy atom. The van der Waals surface area contributed by atoms with Gasteiger partial charge in [0.25, 0.3) is 0 Å². The van der Waals surface area contributed by atoms with E-state index in [4.69, 9.17) is 19.9 Å². The summed E-state index contributed by atoms with van der Waals surface area (Å²) in [5.41, 5.74) is 5.78. The first-order valence-electron chi connectivity index (χ1n) is 6.63. The normalized spacial score (nSPS) is 29.5. The minimum Gasteiger partial charge on any atom is -0.382 e. The van der Waals surface area contributed by atoms with Crippen LogP contribution >= 0.6 is 0 Å². The summed E-state index contributed by atoms with van der Waals surface area (Å²) >= 11 is 0. The van der Waals surface area contributed by atoms with Crippen molar-refractivity contribution >= 4 is 0 Å². The second kappa shape index (κ2) is 8.03. The maximum absolute atomic E-state index is 5.98. The van der Waals surface area contributed by atoms with Gasteiger partial charge in [0.05, 0.1) is 32.0 Å². The molecular formula is C13H27NO3. The Kier molecular flexibility index (Phi) is 7.04. The van der Waals surface area contributed by atoms with Gasteiger partial charge in [-0.1, -0.05) is 19.8 Å². The van der Waals surface area contributed by atoms with E-state index in [1.54, 1.807) is 7.11 Å². The molecule has 0 radical (unpaired) electrons. The Hall–Kier alpha value is -0.160. The maximum Gasteiger partial charge on any atom is 0.0807 e. The number of rotatable bonds is 8. The molecule has 0 spiro atoms. The number of methoxy groups -OCH3 is 1. The fourth-order valence-corrected chi connectivity index (χ4v) is 2.55. The summed E-state index contributed by atoms with van der Waals surface area (Å²) in [6.45, 7) is 5.43. The highest BCUT2D eigenvalue weighted by Gasteiger charge is 2.34. The highest BCUT2D eigenvalue weighted by molar-refractivity contribution is 4.87. The summed E-state index contributed by atoms with van der Waals surface area (Å²) in [5, 5.41) is 0. The zero-order chi connectivity index (χ0) is 12.6. The first-order chi connectivity index (χ1) is 8.22. The van der Waals surface area contributed by atoms with E-state index >= 15 is 0 Å². The Labute approximate surface area is 105 Å². The molecule has 0 heterocycles. The fourth-order valence-electron chi connectivity index (χ4n) is 2.55. The van der Waals surface area contributed by atoms with E-state index in [9.17, 15) is 0 Å². The van der Waals surface area contributed by atoms with Gasteiger partial charge in [-0.2, -0.15) is 0 Å². The molecular weight excluding hydrogens is 218 g/mol. The number of hydrogen-bond donors (Lipinski definition) is 1. The van der Waals surface area contributed by atoms with Gasteiger partial charge < -0.3 is 19.9 Å². The Morgan fingerprint density at radius 3 is 2.65 bits per heavy atom. The number of nitrogens with two attached hydrogens (primary N) is 1. The Bertz CT molecular complexity index is 201. The Morgan fingerprint density at radius 1 is 1.24 bits per heavy atom. The molecule has 4 nitrogen and oxygen atoms in total. The third-order valence-electron chi connectivity index (χ3n) is 3.49. The summed E-state index contributed by atoms with van der Waals surface area (Å²) in [6, 6.07) is 0. The van der Waals surface area contributed by atoms with E-state index < -0.39 is 0 Å². The van der Waals surface area contributed by atoms with Crippen LogP contribution in [0.1, 0.15) is 32.6 Å². The first kappa shape index (κ1) is 14.9. The monoisotopic (exact) mass is 245 g/mol. The van der Waals surface area contributed by atoms with Crippen molar-refractivity contribution in [2.24, 2.45) is 11.7 Å². The smallest absolute Gasteiger partial charge is 0.0807 e. The van der Waals surface area contributed by atoms with Crippen molar-refractivity contribution in [3.05, 3.63) is 0 Å². The van der Waals surface area contributed by atoms with Crippen LogP contribution in [0.2, 0.25) is 0 Å². The minimum absolute atomic E-state index is 0.0950. The molecule has 2 N–H and O–H groups in total. The molecule has 0 aliphatic heterocycles. The van der Waals surface area contributed by atoms with Crippen molar-refractivity contribution in [1.29, 1.82) is 0 Å². The van der Waals surface area contributed by atoms with Crippen molar-refractivity contribution in [1.82, 2.24) is 0 Å². The quantitative estimate of drug-likeness (QED) is 0.660. The standard InChI is InChI=1S/C13H27NO3/c1-12-4-3-5-13(10-12,11-14)17-9-8-16-7-6-15-2/h12H,3-11,14H2,1-2H3. The van der Waals surface area contributed by atoms with E-state index in [1.165, 1.54) is 12.8 Å². The lowest BCUT2D eigenvalue weighted by atomic mass is 9.79. The zero-order valence-corrected chi connectivity index (χ0v) is 11.2. The molecule has 1 aliphatic carbocycles. The summed E-state index contributed by atoms with van der Waals surface area (Å²) in [5.74, 6) is 0.724. The summed E-state index contributed by atoms with van der Waals surface area (Å²) in [7, 11) is 1.67. The molecule has 102 valence electrons. The van der Waals surface area contributed by atoms with Crippen LogP contribution < -0.4 is 5.73 Å². The van der Waals surface area contributed by atoms with Crippen LogP contribution in [0, 0.1) is 5.92 Å². The average molecular weight is 245 g/mol. The molecule has 2 unspecified atom stereocenters. The lowest BCUT2D eigenvalue weighted by molar-refractivity contribution is -0.0927. The van der Waals surface area contributed by atoms with Crippen LogP contribution in [0.15, 0.2) is 0 Å². The molecule has 4 heteroatoms. The van der Waals surface area contributed by atoms with Crippen LogP contribution in [0.4, 0.5) is 0 Å². The van der Waals surface area contributed by atoms with Crippen molar-refractivity contribution < 1.29 is 14.2 Å². The van der Waals surface area contributed by atoms with Crippen molar-refractivity contribution in [3.8, 4) is 0 Å². The predicted molar refractivity (Wildman–Crippen MR) is 68.1 cm³/mol. The van der Waals surface area contributed by atoms with Gasteiger partial charge in [-0.25, -0.2) is 0 Å². The lowest BCUT2D eigenvalue weighted by Gasteiger charge is -2.39. The molecule has 1 saturated carbocycles. The largest absolute Gasteiger partial charge is 0.382 e. The first-order valence-corrected chi connectivity index (χ1v) is 6.63. The predicted octanol–water partition coefficient (Wildman–Crippen LogP) is 1.57. The highest BCUT2D eigenvalue weighted by Crippen LogP contribution is 2.34. The zero-order valence-electron chi connectivity index (χ0n) is 11.2. The second-order valence-corrected chi connectivity index (χ2v) is 5.04. The van der Waals surface area contributed by atoms with Gasteiger partial charge in [0.1, 0.15) is 0 Å². The van der Waals surface area contributed by atoms with Crippen LogP contribution in [0.3, 0.4) is 0 Å². The van der Waals surface area contributed by atoms with E-state index in [0.717, 1.165) is 18.8 Å². The lowest BCUT2D eigenvalue weighted by Crippen LogP contribution is -2.45. The van der Waals surface area contributed by atoms with Gasteiger partial charge in [-0.3, -0.25) is 0 Å². The van der Waals surface area contributed by atoms with E-state index in [0.29, 0.717) is 33.0 Å². The van der Waals surface area contributed by atoms with Crippen molar-refractivity contribution in [2.45, 2.75) is 38.2 Å². The molecule has 0 aromatic rings. The molecule has 0 aromatic heterocycles. The molecule has 1 fully saturated rings. The topological polar surface area (TPSA) is 53.7 Å². The molecule has 0 aromatic carbocycles. The summed E-state index contributed by atoms with van der Waals surface area (Å²) in [4.78, 5) is 0. The average Bonchev–Trinajstić information content (AvgIpc) is 2.34. The van der Waals surface area contributed by atoms with E-state index in [2.05, 4.69) is 6.92 Å². The second-order valence-electron chi connectivity index (χ2n) is 5.04. The van der Waals surface area contributed by atoms with Gasteiger partial charge in [0.15, 0.2) is 0 Å². The molecule has 17 heavy (non-hydrogen) atoms. The number of hydrogen-bond acceptors (Lipinski definition) is 4. The molecule has 0 bridgehead atoms. The SMILES string of the molecule is COCCOCCOC1(CN)CCCC(C)C1. The van der Waals surface area contributed by atoms with Crippen molar-refractivity contribution in [2.75, 3.05) is 40.1 Å². The third kappa shape index (κ3) is 5.34. The highest BCUT2D eigenvalue weighted by atomic mass is 16.5. The van der Waals surface area contributed by atoms with Crippen LogP contribution in [0.25, 0.3) is 0 Å². The molecule has 1 rings (SSSR count). The van der Waals surface area contributed by atoms with Gasteiger partial charge in [0, 0.05) is 13.7 Å². The van der Waals surface area contributed by atoms with E-state index in [1.807, 2.05) is 0 Å². The van der Waals surface area contributed by atoms with Gasteiger partial charge in [-0.05, 0) is 18.8 Å². The fraction of sp³-hybridized carbons (Fsp3) is 1.00. The summed E-state index contributed by atoms with van der Waals surface area (Å²) < 4.78 is 16.3. The van der Waals surface area contributed by atoms with Gasteiger partial charge in [-0.15, -0.1) is 0 Å². The minimum atomic E-state index is -0.0950. The Balaban J connectivity index is 2.17. The maximum atomic E-state index is 5.98.